The Balaban J connectivity index is 1.30. The Bertz CT molecular complexity index is 1290. The molecule has 2 saturated heterocycles. The van der Waals surface area contributed by atoms with Crippen molar-refractivity contribution in [2.24, 2.45) is 7.05 Å². The maximum atomic E-state index is 13.6. The van der Waals surface area contributed by atoms with E-state index in [0.717, 1.165) is 55.8 Å². The molecule has 0 bridgehead atoms. The lowest BCUT2D eigenvalue weighted by molar-refractivity contribution is -0.158. The van der Waals surface area contributed by atoms with E-state index in [1.807, 2.05) is 45.3 Å². The molecule has 0 aromatic carbocycles. The van der Waals surface area contributed by atoms with Gasteiger partial charge in [-0.3, -0.25) is 9.48 Å². The lowest BCUT2D eigenvalue weighted by Crippen LogP contribution is -2.52. The first-order chi connectivity index (χ1) is 16.8. The summed E-state index contributed by atoms with van der Waals surface area (Å²) in [5, 5.41) is 7.21. The quantitative estimate of drug-likeness (QED) is 0.617. The smallest absolute Gasteiger partial charge is 0.260 e. The molecule has 0 radical (unpaired) electrons. The van der Waals surface area contributed by atoms with Crippen molar-refractivity contribution in [3.8, 4) is 17.1 Å². The van der Waals surface area contributed by atoms with Gasteiger partial charge in [-0.25, -0.2) is 4.98 Å². The molecule has 0 atom stereocenters. The number of aryl methyl sites for hydroxylation is 1. The number of fused-ring (bicyclic) bond motifs is 1. The Morgan fingerprint density at radius 3 is 2.63 bits per heavy atom. The first kappa shape index (κ1) is 22.0. The van der Waals surface area contributed by atoms with E-state index in [9.17, 15) is 4.79 Å². The van der Waals surface area contributed by atoms with Crippen LogP contribution >= 0.6 is 0 Å². The lowest BCUT2D eigenvalue weighted by atomic mass is 9.84. The van der Waals surface area contributed by atoms with E-state index in [2.05, 4.69) is 20.3 Å². The highest BCUT2D eigenvalue weighted by atomic mass is 16.5. The van der Waals surface area contributed by atoms with Crippen LogP contribution in [0.1, 0.15) is 49.0 Å². The first-order valence-corrected chi connectivity index (χ1v) is 12.2. The van der Waals surface area contributed by atoms with Gasteiger partial charge in [-0.1, -0.05) is 6.07 Å². The maximum Gasteiger partial charge on any atom is 0.260 e. The van der Waals surface area contributed by atoms with Crippen LogP contribution in [0.25, 0.3) is 11.3 Å². The van der Waals surface area contributed by atoms with E-state index in [1.165, 1.54) is 0 Å². The van der Waals surface area contributed by atoms with E-state index in [-0.39, 0.29) is 17.1 Å². The van der Waals surface area contributed by atoms with Crippen molar-refractivity contribution in [1.82, 2.24) is 19.7 Å². The average Bonchev–Trinajstić information content (AvgIpc) is 3.38. The second-order valence-electron chi connectivity index (χ2n) is 10.4. The Morgan fingerprint density at radius 2 is 1.94 bits per heavy atom. The average molecular weight is 475 g/mol. The Hall–Kier alpha value is -3.46. The number of carbonyl (C=O) groups excluding carboxylic acids is 1. The maximum absolute atomic E-state index is 13.6. The fourth-order valence-electron chi connectivity index (χ4n) is 5.22. The summed E-state index contributed by atoms with van der Waals surface area (Å²) in [7, 11) is 1.86. The number of rotatable bonds is 4. The fourth-order valence-corrected chi connectivity index (χ4v) is 5.22. The van der Waals surface area contributed by atoms with Crippen LogP contribution in [-0.2, 0) is 18.2 Å². The molecular formula is C26H30N6O3. The summed E-state index contributed by atoms with van der Waals surface area (Å²) < 4.78 is 13.7. The molecule has 3 aliphatic rings. The number of anilines is 2. The van der Waals surface area contributed by atoms with Crippen LogP contribution < -0.4 is 15.0 Å². The summed E-state index contributed by atoms with van der Waals surface area (Å²) in [6.45, 7) is 6.52. The minimum absolute atomic E-state index is 0.0186. The summed E-state index contributed by atoms with van der Waals surface area (Å²) in [6, 6.07) is 7.52. The van der Waals surface area contributed by atoms with Gasteiger partial charge in [0.25, 0.3) is 5.91 Å². The molecule has 35 heavy (non-hydrogen) atoms. The standard InChI is InChI=1S/C26H30N6O3/c1-25(2)14-17-13-19(22(30-24(17)35-25)32-10-7-26(8-11-32)9-12-34-26)23(33)29-21-6-4-5-20(28-21)18-15-27-31(3)16-18/h4-6,13,15-16H,7-12,14H2,1-3H3,(H,28,29,33). The molecule has 6 heterocycles. The van der Waals surface area contributed by atoms with Gasteiger partial charge in [0, 0.05) is 43.9 Å². The molecule has 3 aromatic rings. The molecule has 0 unspecified atom stereocenters. The number of ether oxygens (including phenoxy) is 2. The predicted molar refractivity (Wildman–Crippen MR) is 132 cm³/mol. The zero-order valence-electron chi connectivity index (χ0n) is 20.4. The molecule has 9 nitrogen and oxygen atoms in total. The molecule has 6 rings (SSSR count). The van der Waals surface area contributed by atoms with Gasteiger partial charge in [0.05, 0.1) is 29.7 Å². The van der Waals surface area contributed by atoms with Crippen molar-refractivity contribution in [3.63, 3.8) is 0 Å². The normalized spacial score (nSPS) is 19.7. The number of amides is 1. The molecule has 3 aliphatic heterocycles. The monoisotopic (exact) mass is 474 g/mol. The zero-order valence-corrected chi connectivity index (χ0v) is 20.4. The van der Waals surface area contributed by atoms with E-state index in [1.54, 1.807) is 16.9 Å². The first-order valence-electron chi connectivity index (χ1n) is 12.2. The van der Waals surface area contributed by atoms with E-state index in [4.69, 9.17) is 14.5 Å². The molecule has 182 valence electrons. The van der Waals surface area contributed by atoms with E-state index >= 15 is 0 Å². The zero-order chi connectivity index (χ0) is 24.2. The number of piperidine rings is 1. The highest BCUT2D eigenvalue weighted by molar-refractivity contribution is 6.07. The number of aromatic nitrogens is 4. The molecule has 1 spiro atoms. The summed E-state index contributed by atoms with van der Waals surface area (Å²) in [4.78, 5) is 25.3. The summed E-state index contributed by atoms with van der Waals surface area (Å²) in [6.07, 6.45) is 7.35. The lowest BCUT2D eigenvalue weighted by Gasteiger charge is -2.48. The highest BCUT2D eigenvalue weighted by Crippen LogP contribution is 2.41. The second kappa shape index (κ2) is 8.05. The Kier molecular flexibility index (Phi) is 5.07. The van der Waals surface area contributed by atoms with Crippen molar-refractivity contribution >= 4 is 17.5 Å². The van der Waals surface area contributed by atoms with Crippen molar-refractivity contribution in [2.45, 2.75) is 50.7 Å². The number of nitrogens with zero attached hydrogens (tertiary/aromatic N) is 5. The SMILES string of the molecule is Cn1cc(-c2cccc(NC(=O)c3cc4c(nc3N3CCC5(CCO5)CC3)OC(C)(C)C4)n2)cn1. The second-order valence-corrected chi connectivity index (χ2v) is 10.4. The number of hydrogen-bond donors (Lipinski definition) is 1. The minimum atomic E-state index is -0.340. The summed E-state index contributed by atoms with van der Waals surface area (Å²) in [5.41, 5.74) is 2.82. The molecule has 1 N–H and O–H groups in total. The van der Waals surface area contributed by atoms with E-state index in [0.29, 0.717) is 29.5 Å². The van der Waals surface area contributed by atoms with Crippen LogP contribution in [0.15, 0.2) is 36.7 Å². The number of carbonyl (C=O) groups is 1. The van der Waals surface area contributed by atoms with Crippen molar-refractivity contribution in [3.05, 3.63) is 47.8 Å². The third-order valence-electron chi connectivity index (χ3n) is 7.21. The van der Waals surface area contributed by atoms with Crippen LogP contribution in [0.3, 0.4) is 0 Å². The largest absolute Gasteiger partial charge is 0.471 e. The molecule has 2 fully saturated rings. The van der Waals surface area contributed by atoms with Crippen LogP contribution in [0.2, 0.25) is 0 Å². The molecule has 1 amide bonds. The van der Waals surface area contributed by atoms with E-state index < -0.39 is 0 Å². The van der Waals surface area contributed by atoms with Gasteiger partial charge < -0.3 is 19.7 Å². The number of hydrogen-bond acceptors (Lipinski definition) is 7. The van der Waals surface area contributed by atoms with Gasteiger partial charge >= 0.3 is 0 Å². The van der Waals surface area contributed by atoms with Gasteiger partial charge in [-0.05, 0) is 51.3 Å². The predicted octanol–water partition coefficient (Wildman–Crippen LogP) is 3.60. The summed E-state index contributed by atoms with van der Waals surface area (Å²) >= 11 is 0. The number of pyridine rings is 2. The van der Waals surface area contributed by atoms with Crippen LogP contribution in [0.5, 0.6) is 5.88 Å². The Labute approximate surface area is 204 Å². The third kappa shape index (κ3) is 4.14. The topological polar surface area (TPSA) is 94.4 Å². The molecular weight excluding hydrogens is 444 g/mol. The summed E-state index contributed by atoms with van der Waals surface area (Å²) in [5.74, 6) is 1.55. The molecule has 0 aliphatic carbocycles. The molecule has 3 aromatic heterocycles. The Morgan fingerprint density at radius 1 is 1.14 bits per heavy atom. The van der Waals surface area contributed by atoms with Gasteiger partial charge in [0.15, 0.2) is 0 Å². The van der Waals surface area contributed by atoms with Gasteiger partial charge in [0.1, 0.15) is 17.2 Å². The van der Waals surface area contributed by atoms with Gasteiger partial charge in [-0.2, -0.15) is 10.1 Å². The van der Waals surface area contributed by atoms with Crippen molar-refractivity contribution < 1.29 is 14.3 Å². The fraction of sp³-hybridized carbons (Fsp3) is 0.462. The highest BCUT2D eigenvalue weighted by Gasteiger charge is 2.42. The van der Waals surface area contributed by atoms with Gasteiger partial charge in [0.2, 0.25) is 5.88 Å². The third-order valence-corrected chi connectivity index (χ3v) is 7.21. The number of nitrogens with one attached hydrogen (secondary N) is 1. The van der Waals surface area contributed by atoms with Crippen LogP contribution in [-0.4, -0.2) is 56.6 Å². The van der Waals surface area contributed by atoms with Crippen LogP contribution in [0, 0.1) is 0 Å². The van der Waals surface area contributed by atoms with Crippen molar-refractivity contribution in [2.75, 3.05) is 29.9 Å². The minimum Gasteiger partial charge on any atom is -0.471 e. The van der Waals surface area contributed by atoms with Gasteiger partial charge in [-0.15, -0.1) is 0 Å². The van der Waals surface area contributed by atoms with Crippen molar-refractivity contribution in [1.29, 1.82) is 0 Å². The molecule has 9 heteroatoms. The molecule has 0 saturated carbocycles. The van der Waals surface area contributed by atoms with Crippen LogP contribution in [0.4, 0.5) is 11.6 Å².